The van der Waals surface area contributed by atoms with Crippen LogP contribution in [0, 0.1) is 0 Å². The number of aryl methyl sites for hydroxylation is 1. The number of nitrogens with one attached hydrogen (secondary N) is 2. The fraction of sp³-hybridized carbons (Fsp3) is 0.100. The Balaban J connectivity index is 2.14. The van der Waals surface area contributed by atoms with E-state index in [2.05, 4.69) is 20.8 Å². The van der Waals surface area contributed by atoms with Gasteiger partial charge in [-0.25, -0.2) is 10.8 Å². The highest BCUT2D eigenvalue weighted by Crippen LogP contribution is 2.08. The van der Waals surface area contributed by atoms with Gasteiger partial charge in [0, 0.05) is 13.2 Å². The van der Waals surface area contributed by atoms with E-state index < -0.39 is 0 Å². The molecule has 0 saturated carbocycles. The van der Waals surface area contributed by atoms with Crippen LogP contribution in [-0.4, -0.2) is 20.7 Å². The van der Waals surface area contributed by atoms with Gasteiger partial charge < -0.3 is 10.7 Å². The Morgan fingerprint density at radius 1 is 1.47 bits per heavy atom. The molecule has 0 aliphatic rings. The average Bonchev–Trinajstić information content (AvgIpc) is 2.75. The Bertz CT molecular complexity index is 535. The second-order valence-corrected chi connectivity index (χ2v) is 3.41. The maximum Gasteiger partial charge on any atom is 0.274 e. The van der Waals surface area contributed by atoms with Crippen molar-refractivity contribution >= 4 is 17.4 Å². The zero-order valence-corrected chi connectivity index (χ0v) is 9.21. The van der Waals surface area contributed by atoms with Gasteiger partial charge in [0.15, 0.2) is 0 Å². The molecular weight excluding hydrogens is 220 g/mol. The van der Waals surface area contributed by atoms with Crippen molar-refractivity contribution in [2.24, 2.45) is 12.9 Å². The Kier molecular flexibility index (Phi) is 3.01. The van der Waals surface area contributed by atoms with E-state index in [0.717, 1.165) is 0 Å². The Morgan fingerprint density at radius 2 is 2.29 bits per heavy atom. The lowest BCUT2D eigenvalue weighted by molar-refractivity contribution is 0.102. The summed E-state index contributed by atoms with van der Waals surface area (Å²) in [5, 5.41) is 6.62. The van der Waals surface area contributed by atoms with Crippen LogP contribution in [0.25, 0.3) is 0 Å². The van der Waals surface area contributed by atoms with Crippen LogP contribution in [0.1, 0.15) is 10.5 Å². The minimum Gasteiger partial charge on any atom is -0.318 e. The maximum absolute atomic E-state index is 11.8. The standard InChI is InChI=1S/C10H12N6O/c1-16-6-7(5-12-16)13-10(17)8-3-2-4-9(14-8)15-11/h2-6H,11H2,1H3,(H,13,17)(H,14,15). The van der Waals surface area contributed by atoms with Crippen LogP contribution in [-0.2, 0) is 7.05 Å². The first-order valence-electron chi connectivity index (χ1n) is 4.92. The fourth-order valence-electron chi connectivity index (χ4n) is 1.32. The number of anilines is 2. The molecule has 0 radical (unpaired) electrons. The summed E-state index contributed by atoms with van der Waals surface area (Å²) in [7, 11) is 1.77. The molecule has 4 N–H and O–H groups in total. The van der Waals surface area contributed by atoms with Crippen molar-refractivity contribution in [1.29, 1.82) is 0 Å². The summed E-state index contributed by atoms with van der Waals surface area (Å²) in [6.07, 6.45) is 3.26. The van der Waals surface area contributed by atoms with Gasteiger partial charge in [-0.1, -0.05) is 6.07 Å². The third kappa shape index (κ3) is 2.58. The molecule has 7 heteroatoms. The van der Waals surface area contributed by atoms with E-state index in [1.54, 1.807) is 42.3 Å². The van der Waals surface area contributed by atoms with Gasteiger partial charge in [0.1, 0.15) is 11.5 Å². The summed E-state index contributed by atoms with van der Waals surface area (Å²) in [6.45, 7) is 0. The number of amides is 1. The quantitative estimate of drug-likeness (QED) is 0.524. The second kappa shape index (κ2) is 4.62. The van der Waals surface area contributed by atoms with Gasteiger partial charge in [-0.05, 0) is 12.1 Å². The molecule has 1 amide bonds. The first kappa shape index (κ1) is 11.1. The SMILES string of the molecule is Cn1cc(NC(=O)c2cccc(NN)n2)cn1. The van der Waals surface area contributed by atoms with Crippen molar-refractivity contribution in [1.82, 2.24) is 14.8 Å². The molecule has 0 aliphatic heterocycles. The van der Waals surface area contributed by atoms with E-state index in [9.17, 15) is 4.79 Å². The van der Waals surface area contributed by atoms with Crippen molar-refractivity contribution in [2.75, 3.05) is 10.7 Å². The monoisotopic (exact) mass is 232 g/mol. The maximum atomic E-state index is 11.8. The van der Waals surface area contributed by atoms with E-state index in [4.69, 9.17) is 5.84 Å². The minimum atomic E-state index is -0.310. The third-order valence-corrected chi connectivity index (χ3v) is 2.09. The largest absolute Gasteiger partial charge is 0.318 e. The van der Waals surface area contributed by atoms with Gasteiger partial charge in [0.25, 0.3) is 5.91 Å². The molecule has 0 saturated heterocycles. The highest BCUT2D eigenvalue weighted by Gasteiger charge is 2.08. The number of hydrogen-bond acceptors (Lipinski definition) is 5. The highest BCUT2D eigenvalue weighted by atomic mass is 16.1. The molecular formula is C10H12N6O. The molecule has 0 bridgehead atoms. The van der Waals surface area contributed by atoms with E-state index >= 15 is 0 Å². The zero-order valence-electron chi connectivity index (χ0n) is 9.21. The Morgan fingerprint density at radius 3 is 2.94 bits per heavy atom. The van der Waals surface area contributed by atoms with Crippen LogP contribution < -0.4 is 16.6 Å². The molecule has 0 unspecified atom stereocenters. The van der Waals surface area contributed by atoms with Crippen LogP contribution in [0.15, 0.2) is 30.6 Å². The zero-order chi connectivity index (χ0) is 12.3. The molecule has 88 valence electrons. The van der Waals surface area contributed by atoms with Gasteiger partial charge in [-0.3, -0.25) is 9.48 Å². The third-order valence-electron chi connectivity index (χ3n) is 2.09. The molecule has 7 nitrogen and oxygen atoms in total. The summed E-state index contributed by atoms with van der Waals surface area (Å²) >= 11 is 0. The number of carbonyl (C=O) groups is 1. The fourth-order valence-corrected chi connectivity index (χ4v) is 1.32. The van der Waals surface area contributed by atoms with Crippen molar-refractivity contribution in [3.05, 3.63) is 36.3 Å². The van der Waals surface area contributed by atoms with Crippen LogP contribution in [0.5, 0.6) is 0 Å². The van der Waals surface area contributed by atoms with Crippen molar-refractivity contribution in [3.8, 4) is 0 Å². The highest BCUT2D eigenvalue weighted by molar-refractivity contribution is 6.02. The van der Waals surface area contributed by atoms with Gasteiger partial charge in [0.2, 0.25) is 0 Å². The molecule has 0 spiro atoms. The summed E-state index contributed by atoms with van der Waals surface area (Å²) in [5.74, 6) is 5.34. The number of nitrogens with two attached hydrogens (primary N) is 1. The molecule has 0 aliphatic carbocycles. The smallest absolute Gasteiger partial charge is 0.274 e. The molecule has 0 atom stereocenters. The molecule has 17 heavy (non-hydrogen) atoms. The topological polar surface area (TPSA) is 97.9 Å². The number of carbonyl (C=O) groups excluding carboxylic acids is 1. The van der Waals surface area contributed by atoms with Gasteiger partial charge in [-0.2, -0.15) is 5.10 Å². The van der Waals surface area contributed by atoms with Crippen molar-refractivity contribution in [2.45, 2.75) is 0 Å². The number of aromatic nitrogens is 3. The van der Waals surface area contributed by atoms with E-state index in [0.29, 0.717) is 11.5 Å². The lowest BCUT2D eigenvalue weighted by atomic mass is 10.3. The second-order valence-electron chi connectivity index (χ2n) is 3.41. The normalized spacial score (nSPS) is 10.0. The Hall–Kier alpha value is -2.41. The number of nitrogen functional groups attached to an aromatic ring is 1. The van der Waals surface area contributed by atoms with Gasteiger partial charge >= 0.3 is 0 Å². The number of hydrazine groups is 1. The molecule has 0 aromatic carbocycles. The Labute approximate surface area is 97.6 Å². The summed E-state index contributed by atoms with van der Waals surface area (Å²) in [4.78, 5) is 15.8. The molecule has 2 heterocycles. The molecule has 2 aromatic heterocycles. The van der Waals surface area contributed by atoms with E-state index in [1.807, 2.05) is 0 Å². The average molecular weight is 232 g/mol. The molecule has 2 rings (SSSR count). The predicted octanol–water partition coefficient (Wildman–Crippen LogP) is 0.353. The predicted molar refractivity (Wildman–Crippen MR) is 63.2 cm³/mol. The lowest BCUT2D eigenvalue weighted by Crippen LogP contribution is -2.15. The first-order chi connectivity index (χ1) is 8.19. The van der Waals surface area contributed by atoms with Gasteiger partial charge in [0.05, 0.1) is 11.9 Å². The molecule has 2 aromatic rings. The van der Waals surface area contributed by atoms with Crippen LogP contribution in [0.3, 0.4) is 0 Å². The summed E-state index contributed by atoms with van der Waals surface area (Å²) < 4.78 is 1.60. The summed E-state index contributed by atoms with van der Waals surface area (Å²) in [6, 6.07) is 4.97. The first-order valence-corrected chi connectivity index (χ1v) is 4.92. The minimum absolute atomic E-state index is 0.282. The van der Waals surface area contributed by atoms with E-state index in [-0.39, 0.29) is 11.6 Å². The summed E-state index contributed by atoms with van der Waals surface area (Å²) in [5.41, 5.74) is 3.28. The number of pyridine rings is 1. The lowest BCUT2D eigenvalue weighted by Gasteiger charge is -2.03. The number of hydrogen-bond donors (Lipinski definition) is 3. The van der Waals surface area contributed by atoms with Crippen molar-refractivity contribution < 1.29 is 4.79 Å². The van der Waals surface area contributed by atoms with Crippen LogP contribution in [0.4, 0.5) is 11.5 Å². The van der Waals surface area contributed by atoms with Gasteiger partial charge in [-0.15, -0.1) is 0 Å². The van der Waals surface area contributed by atoms with Crippen molar-refractivity contribution in [3.63, 3.8) is 0 Å². The number of rotatable bonds is 3. The van der Waals surface area contributed by atoms with Crippen LogP contribution >= 0.6 is 0 Å². The van der Waals surface area contributed by atoms with E-state index in [1.165, 1.54) is 0 Å². The van der Waals surface area contributed by atoms with Crippen LogP contribution in [0.2, 0.25) is 0 Å². The molecule has 0 fully saturated rings. The number of nitrogens with zero attached hydrogens (tertiary/aromatic N) is 3.